The fourth-order valence-electron chi connectivity index (χ4n) is 5.02. The molecule has 1 fully saturated rings. The first kappa shape index (κ1) is 23.1. The van der Waals surface area contributed by atoms with Crippen molar-refractivity contribution in [1.82, 2.24) is 0 Å². The summed E-state index contributed by atoms with van der Waals surface area (Å²) in [5.74, 6) is 1.49. The number of benzene rings is 1. The first-order valence-electron chi connectivity index (χ1n) is 12.7. The van der Waals surface area contributed by atoms with Crippen molar-refractivity contribution < 1.29 is 9.53 Å². The molecule has 0 spiro atoms. The Morgan fingerprint density at radius 3 is 2.30 bits per heavy atom. The fraction of sp³-hybridized carbons (Fsp3) is 0.679. The summed E-state index contributed by atoms with van der Waals surface area (Å²) in [6, 6.07) is 8.08. The Morgan fingerprint density at radius 2 is 1.63 bits per heavy atom. The minimum atomic E-state index is -0.146. The molecule has 1 saturated carbocycles. The molecule has 2 aliphatic carbocycles. The van der Waals surface area contributed by atoms with Crippen molar-refractivity contribution in [3.63, 3.8) is 0 Å². The molecule has 1 aromatic carbocycles. The predicted molar refractivity (Wildman–Crippen MR) is 127 cm³/mol. The zero-order valence-corrected chi connectivity index (χ0v) is 19.3. The SMILES string of the molecule is CCCCCCCC[C@H]1CC[C@H](OC(=O)c2ccc(C3=CCC(C)CC3)cc2)CC1. The topological polar surface area (TPSA) is 26.3 Å². The van der Waals surface area contributed by atoms with E-state index in [4.69, 9.17) is 4.74 Å². The monoisotopic (exact) mass is 410 g/mol. The molecule has 2 aliphatic rings. The van der Waals surface area contributed by atoms with Crippen molar-refractivity contribution in [2.45, 2.75) is 110 Å². The summed E-state index contributed by atoms with van der Waals surface area (Å²) < 4.78 is 5.84. The van der Waals surface area contributed by atoms with Crippen LogP contribution in [0, 0.1) is 11.8 Å². The highest BCUT2D eigenvalue weighted by atomic mass is 16.5. The van der Waals surface area contributed by atoms with Crippen LogP contribution in [0.25, 0.3) is 5.57 Å². The van der Waals surface area contributed by atoms with Gasteiger partial charge in [-0.25, -0.2) is 4.79 Å². The number of esters is 1. The van der Waals surface area contributed by atoms with Gasteiger partial charge in [0.25, 0.3) is 0 Å². The summed E-state index contributed by atoms with van der Waals surface area (Å²) in [4.78, 5) is 12.6. The minimum Gasteiger partial charge on any atom is -0.459 e. The lowest BCUT2D eigenvalue weighted by atomic mass is 9.84. The van der Waals surface area contributed by atoms with Crippen molar-refractivity contribution in [1.29, 1.82) is 0 Å². The van der Waals surface area contributed by atoms with Gasteiger partial charge in [0.1, 0.15) is 6.10 Å². The molecule has 0 radical (unpaired) electrons. The number of hydrogen-bond donors (Lipinski definition) is 0. The van der Waals surface area contributed by atoms with Crippen molar-refractivity contribution in [2.75, 3.05) is 0 Å². The van der Waals surface area contributed by atoms with Gasteiger partial charge in [0, 0.05) is 0 Å². The quantitative estimate of drug-likeness (QED) is 0.286. The number of hydrogen-bond acceptors (Lipinski definition) is 2. The van der Waals surface area contributed by atoms with E-state index < -0.39 is 0 Å². The number of rotatable bonds is 10. The molecule has 0 aromatic heterocycles. The van der Waals surface area contributed by atoms with Crippen molar-refractivity contribution in [3.05, 3.63) is 41.5 Å². The van der Waals surface area contributed by atoms with E-state index in [0.717, 1.165) is 31.1 Å². The minimum absolute atomic E-state index is 0.112. The molecule has 3 rings (SSSR count). The second-order valence-corrected chi connectivity index (χ2v) is 9.79. The van der Waals surface area contributed by atoms with Crippen LogP contribution in [0.3, 0.4) is 0 Å². The first-order chi connectivity index (χ1) is 14.7. The van der Waals surface area contributed by atoms with Gasteiger partial charge < -0.3 is 4.74 Å². The van der Waals surface area contributed by atoms with E-state index in [-0.39, 0.29) is 12.1 Å². The highest BCUT2D eigenvalue weighted by molar-refractivity contribution is 5.90. The standard InChI is InChI=1S/C28H42O2/c1-3-4-5-6-7-8-9-23-12-20-27(21-13-23)30-28(29)26-18-16-25(17-19-26)24-14-10-22(2)11-15-24/h14,16-19,22-23,27H,3-13,15,20-21H2,1-2H3/t22?,23-,27-. The van der Waals surface area contributed by atoms with E-state index in [1.165, 1.54) is 81.8 Å². The predicted octanol–water partition coefficient (Wildman–Crippen LogP) is 8.36. The van der Waals surface area contributed by atoms with Crippen LogP contribution in [-0.4, -0.2) is 12.1 Å². The molecule has 0 saturated heterocycles. The van der Waals surface area contributed by atoms with Crippen molar-refractivity contribution >= 4 is 11.5 Å². The van der Waals surface area contributed by atoms with E-state index >= 15 is 0 Å². The number of allylic oxidation sites excluding steroid dienone is 2. The average Bonchev–Trinajstić information content (AvgIpc) is 2.78. The number of ether oxygens (including phenoxy) is 1. The van der Waals surface area contributed by atoms with E-state index in [1.54, 1.807) is 0 Å². The maximum Gasteiger partial charge on any atom is 0.338 e. The van der Waals surface area contributed by atoms with Gasteiger partial charge in [-0.1, -0.05) is 77.0 Å². The van der Waals surface area contributed by atoms with Crippen LogP contribution in [-0.2, 0) is 4.74 Å². The van der Waals surface area contributed by atoms with Gasteiger partial charge in [0.15, 0.2) is 0 Å². The normalized spacial score (nSPS) is 24.3. The van der Waals surface area contributed by atoms with Gasteiger partial charge in [-0.05, 0) is 80.1 Å². The van der Waals surface area contributed by atoms with Crippen LogP contribution in [0.1, 0.15) is 120 Å². The van der Waals surface area contributed by atoms with Gasteiger partial charge in [-0.2, -0.15) is 0 Å². The molecule has 0 amide bonds. The van der Waals surface area contributed by atoms with Gasteiger partial charge >= 0.3 is 5.97 Å². The molecular weight excluding hydrogens is 368 g/mol. The largest absolute Gasteiger partial charge is 0.459 e. The van der Waals surface area contributed by atoms with Gasteiger partial charge in [-0.3, -0.25) is 0 Å². The lowest BCUT2D eigenvalue weighted by Crippen LogP contribution is -2.24. The third kappa shape index (κ3) is 7.29. The van der Waals surface area contributed by atoms with E-state index in [9.17, 15) is 4.79 Å². The zero-order valence-electron chi connectivity index (χ0n) is 19.3. The van der Waals surface area contributed by atoms with Crippen molar-refractivity contribution in [3.8, 4) is 0 Å². The number of unbranched alkanes of at least 4 members (excludes halogenated alkanes) is 5. The second-order valence-electron chi connectivity index (χ2n) is 9.79. The molecule has 0 N–H and O–H groups in total. The molecule has 0 bridgehead atoms. The third-order valence-electron chi connectivity index (χ3n) is 7.20. The Morgan fingerprint density at radius 1 is 0.933 bits per heavy atom. The highest BCUT2D eigenvalue weighted by Gasteiger charge is 2.24. The fourth-order valence-corrected chi connectivity index (χ4v) is 5.02. The van der Waals surface area contributed by atoms with E-state index in [2.05, 4.69) is 32.1 Å². The van der Waals surface area contributed by atoms with Gasteiger partial charge in [-0.15, -0.1) is 0 Å². The zero-order chi connectivity index (χ0) is 21.2. The molecular formula is C28H42O2. The Bertz CT molecular complexity index is 664. The number of carbonyl (C=O) groups is 1. The smallest absolute Gasteiger partial charge is 0.338 e. The Hall–Kier alpha value is -1.57. The Kier molecular flexibility index (Phi) is 9.49. The Balaban J connectivity index is 1.36. The van der Waals surface area contributed by atoms with Crippen LogP contribution >= 0.6 is 0 Å². The molecule has 0 aliphatic heterocycles. The molecule has 166 valence electrons. The lowest BCUT2D eigenvalue weighted by molar-refractivity contribution is 0.0161. The molecule has 1 atom stereocenters. The third-order valence-corrected chi connectivity index (χ3v) is 7.20. The molecule has 1 aromatic rings. The van der Waals surface area contributed by atoms with E-state index in [0.29, 0.717) is 5.56 Å². The maximum absolute atomic E-state index is 12.6. The molecule has 2 nitrogen and oxygen atoms in total. The second kappa shape index (κ2) is 12.3. The highest BCUT2D eigenvalue weighted by Crippen LogP contribution is 2.32. The molecule has 1 unspecified atom stereocenters. The first-order valence-corrected chi connectivity index (χ1v) is 12.7. The van der Waals surface area contributed by atoms with Crippen LogP contribution in [0.15, 0.2) is 30.3 Å². The molecule has 30 heavy (non-hydrogen) atoms. The average molecular weight is 411 g/mol. The van der Waals surface area contributed by atoms with Crippen LogP contribution in [0.4, 0.5) is 0 Å². The van der Waals surface area contributed by atoms with Crippen LogP contribution in [0.5, 0.6) is 0 Å². The molecule has 0 heterocycles. The summed E-state index contributed by atoms with van der Waals surface area (Å²) in [5.41, 5.74) is 3.38. The van der Waals surface area contributed by atoms with E-state index in [1.807, 2.05) is 12.1 Å². The summed E-state index contributed by atoms with van der Waals surface area (Å²) in [6.07, 6.45) is 20.2. The van der Waals surface area contributed by atoms with Crippen LogP contribution < -0.4 is 0 Å². The summed E-state index contributed by atoms with van der Waals surface area (Å²) >= 11 is 0. The van der Waals surface area contributed by atoms with Crippen LogP contribution in [0.2, 0.25) is 0 Å². The maximum atomic E-state index is 12.6. The molecule has 2 heteroatoms. The summed E-state index contributed by atoms with van der Waals surface area (Å²) in [5, 5.41) is 0. The lowest BCUT2D eigenvalue weighted by Gasteiger charge is -2.28. The summed E-state index contributed by atoms with van der Waals surface area (Å²) in [6.45, 7) is 4.59. The summed E-state index contributed by atoms with van der Waals surface area (Å²) in [7, 11) is 0. The van der Waals surface area contributed by atoms with Gasteiger partial charge in [0.2, 0.25) is 0 Å². The van der Waals surface area contributed by atoms with Crippen molar-refractivity contribution in [2.24, 2.45) is 11.8 Å². The number of carbonyl (C=O) groups excluding carboxylic acids is 1. The van der Waals surface area contributed by atoms with Gasteiger partial charge in [0.05, 0.1) is 5.56 Å². The Labute approximate surface area is 184 Å².